The molecule has 0 bridgehead atoms. The maximum absolute atomic E-state index is 5.55. The number of thiophene rings is 1. The van der Waals surface area contributed by atoms with Gasteiger partial charge in [0.2, 0.25) is 0 Å². The summed E-state index contributed by atoms with van der Waals surface area (Å²) in [5.74, 6) is 0.832. The summed E-state index contributed by atoms with van der Waals surface area (Å²) in [7, 11) is 1.83. The number of rotatable bonds is 7. The summed E-state index contributed by atoms with van der Waals surface area (Å²) in [4.78, 5) is 10.7. The van der Waals surface area contributed by atoms with Gasteiger partial charge in [0.05, 0.1) is 19.3 Å². The highest BCUT2D eigenvalue weighted by Gasteiger charge is 2.23. The second kappa shape index (κ2) is 12.4. The van der Waals surface area contributed by atoms with Crippen LogP contribution in [-0.2, 0) is 11.3 Å². The van der Waals surface area contributed by atoms with E-state index < -0.39 is 0 Å². The van der Waals surface area contributed by atoms with Gasteiger partial charge in [0, 0.05) is 56.9 Å². The molecule has 6 nitrogen and oxygen atoms in total. The SMILES string of the molecule is CN=C(NCc1cccc(N2CC=CC2)c1)NCC(c1cccs1)N1CCOCC1.I. The molecule has 1 unspecified atom stereocenters. The van der Waals surface area contributed by atoms with Gasteiger partial charge in [0.15, 0.2) is 5.96 Å². The summed E-state index contributed by atoms with van der Waals surface area (Å²) in [5.41, 5.74) is 2.53. The van der Waals surface area contributed by atoms with Crippen molar-refractivity contribution in [1.29, 1.82) is 0 Å². The predicted molar refractivity (Wildman–Crippen MR) is 141 cm³/mol. The quantitative estimate of drug-likeness (QED) is 0.238. The number of benzene rings is 1. The number of ether oxygens (including phenoxy) is 1. The molecule has 0 aliphatic carbocycles. The van der Waals surface area contributed by atoms with Gasteiger partial charge in [-0.1, -0.05) is 30.4 Å². The molecular weight excluding hydrogens is 521 g/mol. The maximum Gasteiger partial charge on any atom is 0.191 e. The lowest BCUT2D eigenvalue weighted by atomic mass is 10.2. The van der Waals surface area contributed by atoms with E-state index in [2.05, 4.69) is 79.4 Å². The second-order valence-electron chi connectivity index (χ2n) is 7.53. The normalized spacial score (nSPS) is 18.0. The molecule has 1 saturated heterocycles. The molecule has 1 fully saturated rings. The number of aliphatic imine (C=N–C) groups is 1. The molecule has 0 radical (unpaired) electrons. The molecule has 3 heterocycles. The van der Waals surface area contributed by atoms with Crippen LogP contribution >= 0.6 is 35.3 Å². The number of halogens is 1. The van der Waals surface area contributed by atoms with E-state index in [0.29, 0.717) is 6.04 Å². The van der Waals surface area contributed by atoms with E-state index in [9.17, 15) is 0 Å². The van der Waals surface area contributed by atoms with Gasteiger partial charge in [-0.05, 0) is 29.1 Å². The second-order valence-corrected chi connectivity index (χ2v) is 8.51. The van der Waals surface area contributed by atoms with Crippen molar-refractivity contribution in [2.75, 3.05) is 57.9 Å². The van der Waals surface area contributed by atoms with Crippen LogP contribution < -0.4 is 15.5 Å². The molecule has 1 aromatic carbocycles. The van der Waals surface area contributed by atoms with Crippen molar-refractivity contribution in [2.45, 2.75) is 12.6 Å². The van der Waals surface area contributed by atoms with Crippen molar-refractivity contribution in [1.82, 2.24) is 15.5 Å². The zero-order valence-electron chi connectivity index (χ0n) is 18.0. The molecule has 0 saturated carbocycles. The largest absolute Gasteiger partial charge is 0.379 e. The number of hydrogen-bond acceptors (Lipinski definition) is 5. The lowest BCUT2D eigenvalue weighted by molar-refractivity contribution is 0.0177. The van der Waals surface area contributed by atoms with E-state index in [0.717, 1.165) is 58.4 Å². The molecule has 2 aliphatic rings. The summed E-state index contributed by atoms with van der Waals surface area (Å²) in [6.07, 6.45) is 4.43. The average Bonchev–Trinajstić information content (AvgIpc) is 3.52. The third-order valence-electron chi connectivity index (χ3n) is 5.60. The van der Waals surface area contributed by atoms with Crippen LogP contribution in [0, 0.1) is 0 Å². The molecule has 31 heavy (non-hydrogen) atoms. The number of hydrogen-bond donors (Lipinski definition) is 2. The molecule has 2 aromatic rings. The Morgan fingerprint density at radius 1 is 1.13 bits per heavy atom. The number of nitrogens with one attached hydrogen (secondary N) is 2. The maximum atomic E-state index is 5.55. The van der Waals surface area contributed by atoms with Crippen molar-refractivity contribution in [2.24, 2.45) is 4.99 Å². The van der Waals surface area contributed by atoms with E-state index in [-0.39, 0.29) is 24.0 Å². The van der Waals surface area contributed by atoms with Gasteiger partial charge in [0.1, 0.15) is 0 Å². The minimum atomic E-state index is 0. The van der Waals surface area contributed by atoms with Crippen LogP contribution in [0.4, 0.5) is 5.69 Å². The van der Waals surface area contributed by atoms with Crippen molar-refractivity contribution in [3.63, 3.8) is 0 Å². The fourth-order valence-corrected chi connectivity index (χ4v) is 4.79. The van der Waals surface area contributed by atoms with E-state index in [1.165, 1.54) is 16.1 Å². The lowest BCUT2D eigenvalue weighted by Gasteiger charge is -2.34. The van der Waals surface area contributed by atoms with Gasteiger partial charge < -0.3 is 20.3 Å². The fourth-order valence-electron chi connectivity index (χ4n) is 3.93. The minimum Gasteiger partial charge on any atom is -0.379 e. The minimum absolute atomic E-state index is 0. The Labute approximate surface area is 206 Å². The molecule has 1 atom stereocenters. The van der Waals surface area contributed by atoms with Gasteiger partial charge in [-0.25, -0.2) is 0 Å². The van der Waals surface area contributed by atoms with Crippen molar-refractivity contribution < 1.29 is 4.74 Å². The Morgan fingerprint density at radius 3 is 2.65 bits per heavy atom. The van der Waals surface area contributed by atoms with E-state index in [1.54, 1.807) is 0 Å². The number of anilines is 1. The van der Waals surface area contributed by atoms with Crippen LogP contribution in [0.1, 0.15) is 16.5 Å². The van der Waals surface area contributed by atoms with Crippen molar-refractivity contribution >= 4 is 47.0 Å². The van der Waals surface area contributed by atoms with Gasteiger partial charge in [-0.15, -0.1) is 35.3 Å². The van der Waals surface area contributed by atoms with Gasteiger partial charge >= 0.3 is 0 Å². The first-order chi connectivity index (χ1) is 14.8. The van der Waals surface area contributed by atoms with Crippen LogP contribution in [0.25, 0.3) is 0 Å². The number of guanidine groups is 1. The predicted octanol–water partition coefficient (Wildman–Crippen LogP) is 3.48. The molecule has 4 rings (SSSR count). The van der Waals surface area contributed by atoms with Crippen molar-refractivity contribution in [3.8, 4) is 0 Å². The highest BCUT2D eigenvalue weighted by Crippen LogP contribution is 2.25. The van der Waals surface area contributed by atoms with Gasteiger partial charge in [-0.3, -0.25) is 9.89 Å². The van der Waals surface area contributed by atoms with E-state index >= 15 is 0 Å². The Hall–Kier alpha value is -1.62. The van der Waals surface area contributed by atoms with Gasteiger partial charge in [-0.2, -0.15) is 0 Å². The molecule has 168 valence electrons. The zero-order chi connectivity index (χ0) is 20.6. The van der Waals surface area contributed by atoms with Crippen LogP contribution in [0.5, 0.6) is 0 Å². The zero-order valence-corrected chi connectivity index (χ0v) is 21.1. The topological polar surface area (TPSA) is 52.1 Å². The Bertz CT molecular complexity index is 843. The van der Waals surface area contributed by atoms with Crippen LogP contribution in [0.2, 0.25) is 0 Å². The average molecular weight is 554 g/mol. The standard InChI is InChI=1S/C23H31N5OS.HI/c1-24-23(25-17-19-6-4-7-20(16-19)27-9-2-3-10-27)26-18-21(22-8-5-15-30-22)28-11-13-29-14-12-28;/h2-8,15-16,21H,9-14,17-18H2,1H3,(H2,24,25,26);1H. The summed E-state index contributed by atoms with van der Waals surface area (Å²) in [5, 5.41) is 9.16. The number of morpholine rings is 1. The van der Waals surface area contributed by atoms with Crippen LogP contribution in [0.15, 0.2) is 58.9 Å². The first-order valence-electron chi connectivity index (χ1n) is 10.6. The Kier molecular flexibility index (Phi) is 9.63. The molecule has 0 spiro atoms. The lowest BCUT2D eigenvalue weighted by Crippen LogP contribution is -2.46. The highest BCUT2D eigenvalue weighted by atomic mass is 127. The summed E-state index contributed by atoms with van der Waals surface area (Å²) >= 11 is 1.82. The summed E-state index contributed by atoms with van der Waals surface area (Å²) < 4.78 is 5.55. The smallest absolute Gasteiger partial charge is 0.191 e. The Morgan fingerprint density at radius 2 is 1.94 bits per heavy atom. The number of nitrogens with zero attached hydrogens (tertiary/aromatic N) is 3. The molecule has 0 amide bonds. The van der Waals surface area contributed by atoms with Gasteiger partial charge in [0.25, 0.3) is 0 Å². The first kappa shape index (κ1) is 24.0. The Balaban J connectivity index is 0.00000272. The molecule has 1 aromatic heterocycles. The molecule has 8 heteroatoms. The third kappa shape index (κ3) is 6.68. The van der Waals surface area contributed by atoms with E-state index in [1.807, 2.05) is 18.4 Å². The van der Waals surface area contributed by atoms with Crippen molar-refractivity contribution in [3.05, 3.63) is 64.4 Å². The van der Waals surface area contributed by atoms with Crippen LogP contribution in [0.3, 0.4) is 0 Å². The van der Waals surface area contributed by atoms with E-state index in [4.69, 9.17) is 4.74 Å². The van der Waals surface area contributed by atoms with Crippen LogP contribution in [-0.4, -0.2) is 63.8 Å². The highest BCUT2D eigenvalue weighted by molar-refractivity contribution is 14.0. The third-order valence-corrected chi connectivity index (χ3v) is 6.57. The summed E-state index contributed by atoms with van der Waals surface area (Å²) in [6.45, 7) is 7.09. The first-order valence-corrected chi connectivity index (χ1v) is 11.5. The monoisotopic (exact) mass is 553 g/mol. The molecule has 2 aliphatic heterocycles. The fraction of sp³-hybridized carbons (Fsp3) is 0.435. The summed E-state index contributed by atoms with van der Waals surface area (Å²) in [6, 6.07) is 13.4. The molecule has 2 N–H and O–H groups in total. The molecular formula is C23H32IN5OS.